The number of aryl methyl sites for hydroxylation is 1. The minimum absolute atomic E-state index is 0.169. The van der Waals surface area contributed by atoms with E-state index in [1.165, 1.54) is 10.7 Å². The van der Waals surface area contributed by atoms with Gasteiger partial charge in [-0.1, -0.05) is 29.8 Å². The number of ether oxygens (including phenoxy) is 1. The Morgan fingerprint density at radius 3 is 2.86 bits per heavy atom. The molecule has 8 nitrogen and oxygen atoms in total. The highest BCUT2D eigenvalue weighted by Crippen LogP contribution is 2.14. The number of β-amino-alcohol motifs (C(OH)–C–C–N with tert-alkyl or cyclic N) is 1. The van der Waals surface area contributed by atoms with Crippen LogP contribution in [0.1, 0.15) is 38.5 Å². The van der Waals surface area contributed by atoms with E-state index in [4.69, 9.17) is 4.74 Å². The fourth-order valence-corrected chi connectivity index (χ4v) is 3.14. The zero-order chi connectivity index (χ0) is 20.1. The SMILES string of the molecule is COCCCN(Cc1ccc(C)cc1)C(=O)c1cc2n(n1)CC(O)CNC2=O. The van der Waals surface area contributed by atoms with E-state index >= 15 is 0 Å². The number of aliphatic hydroxyl groups is 1. The van der Waals surface area contributed by atoms with Gasteiger partial charge in [0.2, 0.25) is 0 Å². The van der Waals surface area contributed by atoms with Gasteiger partial charge in [0.15, 0.2) is 5.69 Å². The van der Waals surface area contributed by atoms with Gasteiger partial charge in [0.05, 0.1) is 12.6 Å². The second-order valence-electron chi connectivity index (χ2n) is 7.02. The van der Waals surface area contributed by atoms with Crippen LogP contribution in [0.15, 0.2) is 30.3 Å². The third-order valence-corrected chi connectivity index (χ3v) is 4.67. The van der Waals surface area contributed by atoms with Gasteiger partial charge in [-0.25, -0.2) is 0 Å². The average Bonchev–Trinajstić information content (AvgIpc) is 3.05. The molecule has 0 bridgehead atoms. The van der Waals surface area contributed by atoms with Crippen LogP contribution in [0.4, 0.5) is 0 Å². The van der Waals surface area contributed by atoms with Gasteiger partial charge in [-0.15, -0.1) is 0 Å². The summed E-state index contributed by atoms with van der Waals surface area (Å²) in [7, 11) is 1.63. The standard InChI is InChI=1S/C20H26N4O4/c1-14-4-6-15(7-5-14)12-23(8-3-9-28-2)20(27)17-10-18-19(26)21-11-16(25)13-24(18)22-17/h4-7,10,16,25H,3,8-9,11-13H2,1-2H3,(H,21,26). The van der Waals surface area contributed by atoms with Crippen molar-refractivity contribution in [3.05, 3.63) is 52.8 Å². The molecule has 0 saturated heterocycles. The van der Waals surface area contributed by atoms with Crippen molar-refractivity contribution in [2.45, 2.75) is 32.5 Å². The minimum atomic E-state index is -0.738. The predicted molar refractivity (Wildman–Crippen MR) is 103 cm³/mol. The Labute approximate surface area is 164 Å². The lowest BCUT2D eigenvalue weighted by molar-refractivity contribution is 0.0715. The maximum absolute atomic E-state index is 13.1. The molecular weight excluding hydrogens is 360 g/mol. The van der Waals surface area contributed by atoms with Crippen LogP contribution in [0.2, 0.25) is 0 Å². The summed E-state index contributed by atoms with van der Waals surface area (Å²) in [5.74, 6) is -0.591. The topological polar surface area (TPSA) is 96.7 Å². The first-order valence-electron chi connectivity index (χ1n) is 9.36. The van der Waals surface area contributed by atoms with E-state index in [2.05, 4.69) is 10.4 Å². The van der Waals surface area contributed by atoms with Crippen LogP contribution < -0.4 is 5.32 Å². The van der Waals surface area contributed by atoms with Crippen LogP contribution in [0, 0.1) is 6.92 Å². The number of carbonyl (C=O) groups excluding carboxylic acids is 2. The zero-order valence-corrected chi connectivity index (χ0v) is 16.2. The van der Waals surface area contributed by atoms with Gasteiger partial charge in [0.25, 0.3) is 11.8 Å². The van der Waals surface area contributed by atoms with Gasteiger partial charge in [0, 0.05) is 39.4 Å². The number of fused-ring (bicyclic) bond motifs is 1. The Morgan fingerprint density at radius 2 is 2.14 bits per heavy atom. The second-order valence-corrected chi connectivity index (χ2v) is 7.02. The van der Waals surface area contributed by atoms with Crippen LogP contribution >= 0.6 is 0 Å². The number of aromatic nitrogens is 2. The smallest absolute Gasteiger partial charge is 0.274 e. The first-order chi connectivity index (χ1) is 13.5. The molecular formula is C20H26N4O4. The number of hydrogen-bond donors (Lipinski definition) is 2. The number of nitrogens with zero attached hydrogens (tertiary/aromatic N) is 3. The van der Waals surface area contributed by atoms with Crippen molar-refractivity contribution in [3.8, 4) is 0 Å². The summed E-state index contributed by atoms with van der Waals surface area (Å²) in [4.78, 5) is 27.0. The van der Waals surface area contributed by atoms with E-state index in [1.807, 2.05) is 31.2 Å². The monoisotopic (exact) mass is 386 g/mol. The van der Waals surface area contributed by atoms with E-state index in [-0.39, 0.29) is 36.3 Å². The lowest BCUT2D eigenvalue weighted by Gasteiger charge is -2.22. The van der Waals surface area contributed by atoms with Gasteiger partial charge in [-0.2, -0.15) is 5.10 Å². The summed E-state index contributed by atoms with van der Waals surface area (Å²) in [6.45, 7) is 3.86. The summed E-state index contributed by atoms with van der Waals surface area (Å²) in [5.41, 5.74) is 2.66. The highest BCUT2D eigenvalue weighted by molar-refractivity contribution is 5.98. The molecule has 0 saturated carbocycles. The molecule has 2 heterocycles. The van der Waals surface area contributed by atoms with Gasteiger partial charge in [-0.05, 0) is 18.9 Å². The number of amides is 2. The van der Waals surface area contributed by atoms with Crippen LogP contribution in [-0.2, 0) is 17.8 Å². The van der Waals surface area contributed by atoms with Gasteiger partial charge in [0.1, 0.15) is 5.69 Å². The number of nitrogens with one attached hydrogen (secondary N) is 1. The van der Waals surface area contributed by atoms with Gasteiger partial charge >= 0.3 is 0 Å². The number of carbonyl (C=O) groups is 2. The quantitative estimate of drug-likeness (QED) is 0.692. The fraction of sp³-hybridized carbons (Fsp3) is 0.450. The highest BCUT2D eigenvalue weighted by Gasteiger charge is 2.26. The number of rotatable bonds is 7. The Hall–Kier alpha value is -2.71. The first kappa shape index (κ1) is 20.0. The molecule has 0 spiro atoms. The molecule has 2 aromatic rings. The molecule has 8 heteroatoms. The molecule has 1 atom stereocenters. The number of methoxy groups -OCH3 is 1. The molecule has 0 aliphatic carbocycles. The largest absolute Gasteiger partial charge is 0.389 e. The third kappa shape index (κ3) is 4.76. The highest BCUT2D eigenvalue weighted by atomic mass is 16.5. The molecule has 0 fully saturated rings. The maximum Gasteiger partial charge on any atom is 0.274 e. The van der Waals surface area contributed by atoms with E-state index < -0.39 is 6.10 Å². The molecule has 3 rings (SSSR count). The third-order valence-electron chi connectivity index (χ3n) is 4.67. The van der Waals surface area contributed by atoms with Crippen LogP contribution in [0.5, 0.6) is 0 Å². The summed E-state index contributed by atoms with van der Waals surface area (Å²) in [6, 6.07) is 9.51. The molecule has 0 radical (unpaired) electrons. The van der Waals surface area contributed by atoms with Gasteiger partial charge < -0.3 is 20.1 Å². The molecule has 1 aliphatic rings. The Balaban J connectivity index is 1.82. The van der Waals surface area contributed by atoms with Crippen molar-refractivity contribution >= 4 is 11.8 Å². The molecule has 150 valence electrons. The molecule has 2 N–H and O–H groups in total. The number of aliphatic hydroxyl groups excluding tert-OH is 1. The second kappa shape index (κ2) is 8.99. The van der Waals surface area contributed by atoms with Crippen LogP contribution in [0.25, 0.3) is 0 Å². The van der Waals surface area contributed by atoms with Crippen LogP contribution in [-0.4, -0.2) is 64.5 Å². The molecule has 1 aromatic heterocycles. The Bertz CT molecular complexity index is 831. The number of hydrogen-bond acceptors (Lipinski definition) is 5. The predicted octanol–water partition coefficient (Wildman–Crippen LogP) is 0.975. The summed E-state index contributed by atoms with van der Waals surface area (Å²) in [5, 5.41) is 16.8. The van der Waals surface area contributed by atoms with E-state index in [0.717, 1.165) is 11.1 Å². The molecule has 1 unspecified atom stereocenters. The fourth-order valence-electron chi connectivity index (χ4n) is 3.14. The van der Waals surface area contributed by atoms with Crippen molar-refractivity contribution in [2.24, 2.45) is 0 Å². The van der Waals surface area contributed by atoms with Crippen molar-refractivity contribution in [3.63, 3.8) is 0 Å². The van der Waals surface area contributed by atoms with Crippen molar-refractivity contribution < 1.29 is 19.4 Å². The van der Waals surface area contributed by atoms with Crippen LogP contribution in [0.3, 0.4) is 0 Å². The Morgan fingerprint density at radius 1 is 1.39 bits per heavy atom. The zero-order valence-electron chi connectivity index (χ0n) is 16.2. The summed E-state index contributed by atoms with van der Waals surface area (Å²) >= 11 is 0. The first-order valence-corrected chi connectivity index (χ1v) is 9.36. The minimum Gasteiger partial charge on any atom is -0.389 e. The lowest BCUT2D eigenvalue weighted by Crippen LogP contribution is -2.33. The van der Waals surface area contributed by atoms with Crippen molar-refractivity contribution in [1.82, 2.24) is 20.0 Å². The summed E-state index contributed by atoms with van der Waals surface area (Å²) < 4.78 is 6.51. The lowest BCUT2D eigenvalue weighted by atomic mass is 10.1. The maximum atomic E-state index is 13.1. The summed E-state index contributed by atoms with van der Waals surface area (Å²) in [6.07, 6.45) is -0.0423. The molecule has 1 aromatic carbocycles. The Kier molecular flexibility index (Phi) is 6.43. The van der Waals surface area contributed by atoms with E-state index in [1.54, 1.807) is 12.0 Å². The van der Waals surface area contributed by atoms with Gasteiger partial charge in [-0.3, -0.25) is 14.3 Å². The van der Waals surface area contributed by atoms with Crippen molar-refractivity contribution in [2.75, 3.05) is 26.8 Å². The van der Waals surface area contributed by atoms with E-state index in [9.17, 15) is 14.7 Å². The van der Waals surface area contributed by atoms with Crippen molar-refractivity contribution in [1.29, 1.82) is 0 Å². The molecule has 1 aliphatic heterocycles. The average molecular weight is 386 g/mol. The number of benzene rings is 1. The molecule has 28 heavy (non-hydrogen) atoms. The van der Waals surface area contributed by atoms with E-state index in [0.29, 0.717) is 26.1 Å². The molecule has 2 amide bonds. The normalized spacial score (nSPS) is 16.2.